The SMILES string of the molecule is CC[C@H](C)[C@@H](C(=O)O)N1C(=O)/C(=C/c2cc3cc(OCc4ccc(Cl)cc4)ccc3nc2Cl)SC1=S. The van der Waals surface area contributed by atoms with Crippen LogP contribution in [0.5, 0.6) is 5.75 Å². The molecule has 0 spiro atoms. The van der Waals surface area contributed by atoms with Crippen molar-refractivity contribution in [3.63, 3.8) is 0 Å². The number of ether oxygens (including phenoxy) is 1. The van der Waals surface area contributed by atoms with Gasteiger partial charge in [-0.3, -0.25) is 9.69 Å². The summed E-state index contributed by atoms with van der Waals surface area (Å²) in [6.07, 6.45) is 2.20. The molecule has 1 aromatic heterocycles. The largest absolute Gasteiger partial charge is 0.489 e. The van der Waals surface area contributed by atoms with Crippen molar-refractivity contribution in [3.05, 3.63) is 74.7 Å². The first-order valence-corrected chi connectivity index (χ1v) is 13.1. The molecule has 0 aliphatic carbocycles. The van der Waals surface area contributed by atoms with Gasteiger partial charge in [0.15, 0.2) is 0 Å². The topological polar surface area (TPSA) is 79.7 Å². The zero-order chi connectivity index (χ0) is 26.0. The predicted molar refractivity (Wildman–Crippen MR) is 148 cm³/mol. The van der Waals surface area contributed by atoms with Crippen LogP contribution in [0.2, 0.25) is 10.2 Å². The van der Waals surface area contributed by atoms with E-state index in [4.69, 9.17) is 40.2 Å². The van der Waals surface area contributed by atoms with Gasteiger partial charge in [0.1, 0.15) is 27.9 Å². The summed E-state index contributed by atoms with van der Waals surface area (Å²) in [5.74, 6) is -1.15. The zero-order valence-corrected chi connectivity index (χ0v) is 22.5. The number of amides is 1. The molecule has 2 atom stereocenters. The van der Waals surface area contributed by atoms with E-state index in [0.717, 1.165) is 22.7 Å². The number of thiocarbonyl (C=S) groups is 1. The number of halogens is 2. The van der Waals surface area contributed by atoms with Gasteiger partial charge in [0.25, 0.3) is 5.91 Å². The highest BCUT2D eigenvalue weighted by molar-refractivity contribution is 8.26. The van der Waals surface area contributed by atoms with Gasteiger partial charge in [-0.25, -0.2) is 9.78 Å². The summed E-state index contributed by atoms with van der Waals surface area (Å²) >= 11 is 18.8. The Bertz CT molecular complexity index is 1380. The third-order valence-corrected chi connectivity index (χ3v) is 7.79. The van der Waals surface area contributed by atoms with Gasteiger partial charge < -0.3 is 9.84 Å². The van der Waals surface area contributed by atoms with E-state index in [1.54, 1.807) is 13.0 Å². The number of pyridine rings is 1. The number of hydrogen-bond acceptors (Lipinski definition) is 6. The lowest BCUT2D eigenvalue weighted by Crippen LogP contribution is -2.47. The second kappa shape index (κ2) is 11.2. The van der Waals surface area contributed by atoms with Crippen molar-refractivity contribution in [2.45, 2.75) is 32.9 Å². The predicted octanol–water partition coefficient (Wildman–Crippen LogP) is 6.82. The number of nitrogens with zero attached hydrogens (tertiary/aromatic N) is 2. The van der Waals surface area contributed by atoms with Gasteiger partial charge in [0.05, 0.1) is 10.4 Å². The fourth-order valence-electron chi connectivity index (χ4n) is 3.78. The minimum Gasteiger partial charge on any atom is -0.489 e. The number of rotatable bonds is 8. The van der Waals surface area contributed by atoms with E-state index < -0.39 is 17.9 Å². The molecule has 4 rings (SSSR count). The van der Waals surface area contributed by atoms with Crippen LogP contribution in [0.25, 0.3) is 17.0 Å². The molecule has 10 heteroatoms. The van der Waals surface area contributed by atoms with Crippen LogP contribution in [-0.2, 0) is 16.2 Å². The quantitative estimate of drug-likeness (QED) is 0.184. The van der Waals surface area contributed by atoms with E-state index in [1.807, 2.05) is 55.5 Å². The zero-order valence-electron chi connectivity index (χ0n) is 19.4. The van der Waals surface area contributed by atoms with Gasteiger partial charge >= 0.3 is 5.97 Å². The summed E-state index contributed by atoms with van der Waals surface area (Å²) in [7, 11) is 0. The summed E-state index contributed by atoms with van der Waals surface area (Å²) < 4.78 is 6.12. The van der Waals surface area contributed by atoms with E-state index in [9.17, 15) is 14.7 Å². The molecule has 186 valence electrons. The number of thioether (sulfide) groups is 1. The van der Waals surface area contributed by atoms with Gasteiger partial charge in [-0.1, -0.05) is 79.6 Å². The maximum atomic E-state index is 13.2. The normalized spacial score (nSPS) is 16.6. The fourth-order valence-corrected chi connectivity index (χ4v) is 5.42. The van der Waals surface area contributed by atoms with Crippen LogP contribution in [-0.4, -0.2) is 37.2 Å². The van der Waals surface area contributed by atoms with Gasteiger partial charge in [-0.2, -0.15) is 0 Å². The molecule has 1 aliphatic heterocycles. The fraction of sp³-hybridized carbons (Fsp3) is 0.231. The first-order chi connectivity index (χ1) is 17.2. The molecule has 1 N–H and O–H groups in total. The van der Waals surface area contributed by atoms with E-state index in [2.05, 4.69) is 4.98 Å². The Morgan fingerprint density at radius 3 is 2.61 bits per heavy atom. The van der Waals surface area contributed by atoms with Crippen LogP contribution in [0, 0.1) is 5.92 Å². The van der Waals surface area contributed by atoms with Crippen LogP contribution in [0.1, 0.15) is 31.4 Å². The third-order valence-electron chi connectivity index (χ3n) is 5.91. The molecule has 1 amide bonds. The van der Waals surface area contributed by atoms with Crippen molar-refractivity contribution in [2.75, 3.05) is 0 Å². The van der Waals surface area contributed by atoms with Crippen molar-refractivity contribution in [1.82, 2.24) is 9.88 Å². The summed E-state index contributed by atoms with van der Waals surface area (Å²) in [5, 5.41) is 11.4. The second-order valence-electron chi connectivity index (χ2n) is 8.36. The highest BCUT2D eigenvalue weighted by Gasteiger charge is 2.42. The highest BCUT2D eigenvalue weighted by atomic mass is 35.5. The molecule has 6 nitrogen and oxygen atoms in total. The average molecular weight is 562 g/mol. The molecule has 0 radical (unpaired) electrons. The number of aliphatic carboxylic acids is 1. The van der Waals surface area contributed by atoms with Gasteiger partial charge in [0.2, 0.25) is 0 Å². The van der Waals surface area contributed by atoms with Crippen LogP contribution in [0.15, 0.2) is 53.4 Å². The van der Waals surface area contributed by atoms with Crippen molar-refractivity contribution >= 4 is 80.4 Å². The lowest BCUT2D eigenvalue weighted by atomic mass is 9.98. The molecule has 36 heavy (non-hydrogen) atoms. The molecular formula is C26H22Cl2N2O4S2. The Balaban J connectivity index is 1.60. The molecule has 1 saturated heterocycles. The molecule has 2 heterocycles. The van der Waals surface area contributed by atoms with Crippen LogP contribution in [0.3, 0.4) is 0 Å². The second-order valence-corrected chi connectivity index (χ2v) is 10.8. The van der Waals surface area contributed by atoms with E-state index in [-0.39, 0.29) is 15.4 Å². The Hall–Kier alpha value is -2.65. The summed E-state index contributed by atoms with van der Waals surface area (Å²) in [6.45, 7) is 4.04. The molecule has 0 saturated carbocycles. The van der Waals surface area contributed by atoms with Gasteiger partial charge in [0, 0.05) is 16.0 Å². The molecule has 1 aliphatic rings. The highest BCUT2D eigenvalue weighted by Crippen LogP contribution is 2.37. The summed E-state index contributed by atoms with van der Waals surface area (Å²) in [6, 6.07) is 13.7. The van der Waals surface area contributed by atoms with Crippen molar-refractivity contribution in [2.24, 2.45) is 5.92 Å². The Labute approximate surface area is 228 Å². The van der Waals surface area contributed by atoms with E-state index in [1.165, 1.54) is 4.90 Å². The molecular weight excluding hydrogens is 539 g/mol. The van der Waals surface area contributed by atoms with E-state index >= 15 is 0 Å². The number of carbonyl (C=O) groups is 2. The molecule has 1 fully saturated rings. The number of benzene rings is 2. The summed E-state index contributed by atoms with van der Waals surface area (Å²) in [5.41, 5.74) is 2.18. The number of hydrogen-bond donors (Lipinski definition) is 1. The van der Waals surface area contributed by atoms with Crippen LogP contribution >= 0.6 is 47.2 Å². The first-order valence-electron chi connectivity index (χ1n) is 11.1. The minimum atomic E-state index is -1.08. The molecule has 2 aromatic carbocycles. The molecule has 3 aromatic rings. The monoisotopic (exact) mass is 560 g/mol. The number of carboxylic acids is 1. The Morgan fingerprint density at radius 2 is 1.94 bits per heavy atom. The van der Waals surface area contributed by atoms with Crippen molar-refractivity contribution in [3.8, 4) is 5.75 Å². The van der Waals surface area contributed by atoms with Crippen molar-refractivity contribution in [1.29, 1.82) is 0 Å². The Morgan fingerprint density at radius 1 is 1.22 bits per heavy atom. The maximum Gasteiger partial charge on any atom is 0.327 e. The third kappa shape index (κ3) is 5.67. The smallest absolute Gasteiger partial charge is 0.327 e. The maximum absolute atomic E-state index is 13.2. The number of carbonyl (C=O) groups excluding carboxylic acids is 1. The van der Waals surface area contributed by atoms with Crippen LogP contribution in [0.4, 0.5) is 0 Å². The lowest BCUT2D eigenvalue weighted by molar-refractivity contribution is -0.147. The van der Waals surface area contributed by atoms with E-state index in [0.29, 0.717) is 39.8 Å². The standard InChI is InChI=1S/C26H22Cl2N2O4S2/c1-3-14(2)22(25(32)33)30-24(31)21(36-26(30)35)12-17-10-16-11-19(8-9-20(16)29-23(17)28)34-13-15-4-6-18(27)7-5-15/h4-12,14,22H,3,13H2,1-2H3,(H,32,33)/b21-12-/t14-,22-/m0/s1. The number of fused-ring (bicyclic) bond motifs is 1. The molecule has 0 unspecified atom stereocenters. The average Bonchev–Trinajstić information content (AvgIpc) is 3.11. The number of carboxylic acid groups (broad SMARTS) is 1. The number of aromatic nitrogens is 1. The first kappa shape index (κ1) is 26.4. The van der Waals surface area contributed by atoms with Gasteiger partial charge in [-0.15, -0.1) is 0 Å². The summed E-state index contributed by atoms with van der Waals surface area (Å²) in [4.78, 5) is 31.0. The van der Waals surface area contributed by atoms with Crippen molar-refractivity contribution < 1.29 is 19.4 Å². The molecule has 0 bridgehead atoms. The Kier molecular flexibility index (Phi) is 8.20. The van der Waals surface area contributed by atoms with Crippen LogP contribution < -0.4 is 4.74 Å². The van der Waals surface area contributed by atoms with Gasteiger partial charge in [-0.05, 0) is 54.0 Å². The lowest BCUT2D eigenvalue weighted by Gasteiger charge is -2.27. The minimum absolute atomic E-state index is 0.210.